The second-order valence-electron chi connectivity index (χ2n) is 9.63. The number of carbonyl (C=O) groups excluding carboxylic acids is 1. The molecule has 3 unspecified atom stereocenters. The zero-order chi connectivity index (χ0) is 26.0. The summed E-state index contributed by atoms with van der Waals surface area (Å²) in [4.78, 5) is 12.9. The smallest absolute Gasteiger partial charge is 0.423 e. The topological polar surface area (TPSA) is 82.1 Å². The van der Waals surface area contributed by atoms with E-state index in [-0.39, 0.29) is 16.3 Å². The maximum Gasteiger partial charge on any atom is 0.423 e. The molecule has 0 aromatic heterocycles. The van der Waals surface area contributed by atoms with Gasteiger partial charge in [0.05, 0.1) is 24.3 Å². The normalized spacial score (nSPS) is 24.2. The third-order valence-corrected chi connectivity index (χ3v) is 7.90. The van der Waals surface area contributed by atoms with E-state index in [1.54, 1.807) is 39.8 Å². The molecule has 35 heavy (non-hydrogen) atoms. The quantitative estimate of drug-likeness (QED) is 0.567. The Balaban J connectivity index is 1.99. The van der Waals surface area contributed by atoms with Crippen LogP contribution in [0.5, 0.6) is 5.75 Å². The van der Waals surface area contributed by atoms with Crippen LogP contribution in [-0.4, -0.2) is 45.9 Å². The summed E-state index contributed by atoms with van der Waals surface area (Å²) < 4.78 is 88.9. The molecule has 7 nitrogen and oxygen atoms in total. The molecular weight excluding hydrogens is 487 g/mol. The highest BCUT2D eigenvalue weighted by Crippen LogP contribution is 2.61. The number of methoxy groups -OCH3 is 1. The van der Waals surface area contributed by atoms with Crippen molar-refractivity contribution in [2.24, 2.45) is 5.92 Å². The summed E-state index contributed by atoms with van der Waals surface area (Å²) in [5.74, 6) is -2.42. The van der Waals surface area contributed by atoms with Gasteiger partial charge in [0.25, 0.3) is 10.0 Å². The number of nitrogens with zero attached hydrogens (tertiary/aromatic N) is 1. The molecular formula is C24H26F3NO6S. The van der Waals surface area contributed by atoms with Crippen LogP contribution in [0.1, 0.15) is 31.9 Å². The minimum absolute atomic E-state index is 0.0880. The third kappa shape index (κ3) is 3.94. The zero-order valence-electron chi connectivity index (χ0n) is 19.8. The lowest BCUT2D eigenvalue weighted by Crippen LogP contribution is -2.56. The highest BCUT2D eigenvalue weighted by Gasteiger charge is 2.75. The minimum atomic E-state index is -5.06. The van der Waals surface area contributed by atoms with Crippen LogP contribution in [0, 0.1) is 12.8 Å². The van der Waals surface area contributed by atoms with Crippen LogP contribution in [0.25, 0.3) is 0 Å². The summed E-state index contributed by atoms with van der Waals surface area (Å²) in [6.07, 6.45) is -5.06. The molecule has 1 fully saturated rings. The number of carbonyl (C=O) groups is 1. The Kier molecular flexibility index (Phi) is 5.87. The lowest BCUT2D eigenvalue weighted by molar-refractivity contribution is -0.269. The summed E-state index contributed by atoms with van der Waals surface area (Å²) in [6, 6.07) is 7.49. The van der Waals surface area contributed by atoms with E-state index in [1.807, 2.05) is 0 Å². The van der Waals surface area contributed by atoms with E-state index >= 15 is 0 Å². The molecule has 190 valence electrons. The molecule has 0 bridgehead atoms. The van der Waals surface area contributed by atoms with Crippen molar-refractivity contribution in [3.8, 4) is 5.75 Å². The van der Waals surface area contributed by atoms with Crippen LogP contribution < -0.4 is 9.04 Å². The van der Waals surface area contributed by atoms with Gasteiger partial charge in [-0.3, -0.25) is 9.10 Å². The summed E-state index contributed by atoms with van der Waals surface area (Å²) in [5, 5.41) is 0. The molecule has 11 heteroatoms. The van der Waals surface area contributed by atoms with Gasteiger partial charge in [-0.05, 0) is 58.0 Å². The molecule has 2 aliphatic heterocycles. The predicted octanol–water partition coefficient (Wildman–Crippen LogP) is 4.33. The fraction of sp³-hybridized carbons (Fsp3) is 0.458. The van der Waals surface area contributed by atoms with Crippen molar-refractivity contribution < 1.29 is 40.6 Å². The molecule has 2 aromatic rings. The number of esters is 1. The van der Waals surface area contributed by atoms with E-state index < -0.39 is 57.5 Å². The summed E-state index contributed by atoms with van der Waals surface area (Å²) in [6.45, 7) is 5.81. The Morgan fingerprint density at radius 3 is 2.29 bits per heavy atom. The number of fused-ring (bicyclic) bond motifs is 3. The average molecular weight is 514 g/mol. The highest BCUT2D eigenvalue weighted by molar-refractivity contribution is 7.93. The first-order valence-corrected chi connectivity index (χ1v) is 12.3. The maximum atomic E-state index is 14.9. The van der Waals surface area contributed by atoms with Gasteiger partial charge in [-0.25, -0.2) is 8.42 Å². The molecule has 2 aliphatic rings. The monoisotopic (exact) mass is 513 g/mol. The van der Waals surface area contributed by atoms with Crippen LogP contribution in [0.4, 0.5) is 18.9 Å². The highest BCUT2D eigenvalue weighted by atomic mass is 32.2. The van der Waals surface area contributed by atoms with Gasteiger partial charge in [0.1, 0.15) is 23.3 Å². The van der Waals surface area contributed by atoms with Crippen LogP contribution in [-0.2, 0) is 29.9 Å². The first-order chi connectivity index (χ1) is 16.1. The predicted molar refractivity (Wildman–Crippen MR) is 121 cm³/mol. The molecule has 2 heterocycles. The minimum Gasteiger partial charge on any atom is -0.497 e. The largest absolute Gasteiger partial charge is 0.497 e. The Morgan fingerprint density at radius 2 is 1.74 bits per heavy atom. The van der Waals surface area contributed by atoms with Crippen molar-refractivity contribution in [2.45, 2.75) is 56.0 Å². The van der Waals surface area contributed by atoms with Gasteiger partial charge in [-0.15, -0.1) is 0 Å². The van der Waals surface area contributed by atoms with Gasteiger partial charge in [-0.1, -0.05) is 17.7 Å². The lowest BCUT2D eigenvalue weighted by Gasteiger charge is -2.35. The van der Waals surface area contributed by atoms with Gasteiger partial charge < -0.3 is 14.2 Å². The van der Waals surface area contributed by atoms with Gasteiger partial charge >= 0.3 is 12.1 Å². The molecule has 0 radical (unpaired) electrons. The first-order valence-electron chi connectivity index (χ1n) is 10.9. The van der Waals surface area contributed by atoms with Crippen molar-refractivity contribution in [2.75, 3.05) is 18.0 Å². The number of benzene rings is 2. The Labute approximate surface area is 201 Å². The molecule has 2 aromatic carbocycles. The van der Waals surface area contributed by atoms with Gasteiger partial charge in [0, 0.05) is 5.56 Å². The Hall–Kier alpha value is -2.79. The number of alkyl halides is 3. The fourth-order valence-electron chi connectivity index (χ4n) is 4.61. The van der Waals surface area contributed by atoms with Crippen LogP contribution in [0.15, 0.2) is 47.4 Å². The van der Waals surface area contributed by atoms with Crippen LogP contribution in [0.3, 0.4) is 0 Å². The maximum absolute atomic E-state index is 14.9. The lowest BCUT2D eigenvalue weighted by atomic mass is 9.84. The van der Waals surface area contributed by atoms with Crippen LogP contribution in [0.2, 0.25) is 0 Å². The number of hydrogen-bond acceptors (Lipinski definition) is 6. The average Bonchev–Trinajstić information content (AvgIpc) is 3.27. The first kappa shape index (κ1) is 25.3. The van der Waals surface area contributed by atoms with Crippen molar-refractivity contribution in [3.05, 3.63) is 53.6 Å². The summed E-state index contributed by atoms with van der Waals surface area (Å²) >= 11 is 0. The van der Waals surface area contributed by atoms with E-state index in [2.05, 4.69) is 0 Å². The Bertz CT molecular complexity index is 1250. The number of aryl methyl sites for hydroxylation is 1. The number of rotatable bonds is 4. The standard InChI is InChI=1S/C24H26F3NO6S/c1-14-6-9-16(10-7-14)35(30,31)28-19-11-8-15(32-5)12-18(19)23(24(25,26)27)20(28)17(13-33-23)21(29)34-22(2,3)4/h6-12,17,20H,13H2,1-5H3. The second-order valence-corrected chi connectivity index (χ2v) is 11.4. The van der Waals surface area contributed by atoms with E-state index in [9.17, 15) is 26.4 Å². The third-order valence-electron chi connectivity index (χ3n) is 6.09. The number of hydrogen-bond donors (Lipinski definition) is 0. The number of halogens is 3. The molecule has 0 amide bonds. The van der Waals surface area contributed by atoms with Gasteiger partial charge in [0.2, 0.25) is 5.60 Å². The number of ether oxygens (including phenoxy) is 3. The van der Waals surface area contributed by atoms with Crippen molar-refractivity contribution >= 4 is 21.7 Å². The SMILES string of the molecule is COc1ccc2c(c1)C1(C(F)(F)F)OCC(C(=O)OC(C)(C)C)C1N2S(=O)(=O)c1ccc(C)cc1. The van der Waals surface area contributed by atoms with Crippen molar-refractivity contribution in [3.63, 3.8) is 0 Å². The number of anilines is 1. The van der Waals surface area contributed by atoms with E-state index in [4.69, 9.17) is 14.2 Å². The van der Waals surface area contributed by atoms with E-state index in [1.165, 1.54) is 31.4 Å². The zero-order valence-corrected chi connectivity index (χ0v) is 20.7. The van der Waals surface area contributed by atoms with Crippen molar-refractivity contribution in [1.82, 2.24) is 0 Å². The van der Waals surface area contributed by atoms with Gasteiger partial charge in [-0.2, -0.15) is 13.2 Å². The molecule has 3 atom stereocenters. The molecule has 1 saturated heterocycles. The van der Waals surface area contributed by atoms with Crippen LogP contribution >= 0.6 is 0 Å². The summed E-state index contributed by atoms with van der Waals surface area (Å²) in [5.41, 5.74) is -3.99. The van der Waals surface area contributed by atoms with Crippen molar-refractivity contribution in [1.29, 1.82) is 0 Å². The van der Waals surface area contributed by atoms with Gasteiger partial charge in [0.15, 0.2) is 0 Å². The molecule has 0 saturated carbocycles. The molecule has 0 spiro atoms. The fourth-order valence-corrected chi connectivity index (χ4v) is 6.33. The van der Waals surface area contributed by atoms with E-state index in [0.29, 0.717) is 4.31 Å². The summed E-state index contributed by atoms with van der Waals surface area (Å²) in [7, 11) is -3.26. The Morgan fingerprint density at radius 1 is 1.11 bits per heavy atom. The number of sulfonamides is 1. The molecule has 0 N–H and O–H groups in total. The molecule has 0 aliphatic carbocycles. The molecule has 4 rings (SSSR count). The second kappa shape index (κ2) is 8.12. The van der Waals surface area contributed by atoms with E-state index in [0.717, 1.165) is 11.6 Å².